The smallest absolute Gasteiger partial charge is 0.191 e. The van der Waals surface area contributed by atoms with Crippen LogP contribution in [0.2, 0.25) is 18.1 Å². The van der Waals surface area contributed by atoms with Crippen LogP contribution in [0.5, 0.6) is 0 Å². The molecule has 20 heavy (non-hydrogen) atoms. The summed E-state index contributed by atoms with van der Waals surface area (Å²) in [5.74, 6) is 1.13. The van der Waals surface area contributed by atoms with Crippen LogP contribution in [-0.4, -0.2) is 21.2 Å². The molecule has 0 unspecified atom stereocenters. The van der Waals surface area contributed by atoms with E-state index in [9.17, 15) is 4.79 Å². The van der Waals surface area contributed by atoms with Gasteiger partial charge in [-0.25, -0.2) is 0 Å². The number of rotatable bonds is 5. The Morgan fingerprint density at radius 2 is 1.85 bits per heavy atom. The SMILES string of the molecule is C/C(=C/C=O)[C@H]1CCCC[C@@H]1CO[Si](C)(C)C(C)(C)C. The first-order chi connectivity index (χ1) is 9.19. The maximum atomic E-state index is 10.7. The summed E-state index contributed by atoms with van der Waals surface area (Å²) in [5.41, 5.74) is 1.24. The lowest BCUT2D eigenvalue weighted by Crippen LogP contribution is -2.43. The summed E-state index contributed by atoms with van der Waals surface area (Å²) in [4.78, 5) is 10.7. The molecular weight excluding hydrogens is 264 g/mol. The highest BCUT2D eigenvalue weighted by Crippen LogP contribution is 2.39. The predicted octanol–water partition coefficient (Wildman–Crippen LogP) is 4.96. The Balaban J connectivity index is 2.69. The summed E-state index contributed by atoms with van der Waals surface area (Å²) < 4.78 is 6.42. The number of carbonyl (C=O) groups is 1. The number of hydrogen-bond donors (Lipinski definition) is 0. The van der Waals surface area contributed by atoms with Gasteiger partial charge in [-0.3, -0.25) is 4.79 Å². The van der Waals surface area contributed by atoms with Crippen molar-refractivity contribution in [1.82, 2.24) is 0 Å². The van der Waals surface area contributed by atoms with Crippen molar-refractivity contribution in [3.63, 3.8) is 0 Å². The Labute approximate surface area is 126 Å². The van der Waals surface area contributed by atoms with Gasteiger partial charge in [0.05, 0.1) is 0 Å². The van der Waals surface area contributed by atoms with Crippen molar-refractivity contribution in [2.75, 3.05) is 6.61 Å². The first-order valence-corrected chi connectivity index (χ1v) is 10.9. The summed E-state index contributed by atoms with van der Waals surface area (Å²) in [7, 11) is -1.66. The fourth-order valence-electron chi connectivity index (χ4n) is 2.77. The minimum atomic E-state index is -1.66. The Hall–Kier alpha value is -0.413. The number of allylic oxidation sites excluding steroid dienone is 2. The molecule has 0 amide bonds. The molecule has 1 aliphatic carbocycles. The topological polar surface area (TPSA) is 26.3 Å². The lowest BCUT2D eigenvalue weighted by molar-refractivity contribution is -0.104. The highest BCUT2D eigenvalue weighted by atomic mass is 28.4. The van der Waals surface area contributed by atoms with Gasteiger partial charge < -0.3 is 4.43 Å². The van der Waals surface area contributed by atoms with E-state index < -0.39 is 8.32 Å². The number of aldehydes is 1. The van der Waals surface area contributed by atoms with E-state index in [2.05, 4.69) is 40.8 Å². The van der Waals surface area contributed by atoms with Crippen LogP contribution >= 0.6 is 0 Å². The van der Waals surface area contributed by atoms with Crippen molar-refractivity contribution in [1.29, 1.82) is 0 Å². The molecule has 1 aliphatic rings. The van der Waals surface area contributed by atoms with Gasteiger partial charge in [-0.2, -0.15) is 0 Å². The average Bonchev–Trinajstić information content (AvgIpc) is 2.35. The normalized spacial score (nSPS) is 25.6. The molecule has 3 heteroatoms. The Morgan fingerprint density at radius 1 is 1.25 bits per heavy atom. The van der Waals surface area contributed by atoms with Gasteiger partial charge >= 0.3 is 0 Å². The minimum absolute atomic E-state index is 0.269. The molecule has 0 bridgehead atoms. The van der Waals surface area contributed by atoms with Crippen LogP contribution in [0, 0.1) is 11.8 Å². The highest BCUT2D eigenvalue weighted by Gasteiger charge is 2.38. The maximum absolute atomic E-state index is 10.7. The molecule has 2 nitrogen and oxygen atoms in total. The van der Waals surface area contributed by atoms with E-state index in [1.54, 1.807) is 6.08 Å². The van der Waals surface area contributed by atoms with E-state index in [4.69, 9.17) is 4.43 Å². The molecule has 0 aromatic carbocycles. The van der Waals surface area contributed by atoms with Gasteiger partial charge in [0.2, 0.25) is 0 Å². The van der Waals surface area contributed by atoms with Gasteiger partial charge in [-0.15, -0.1) is 0 Å². The highest BCUT2D eigenvalue weighted by molar-refractivity contribution is 6.74. The first kappa shape index (κ1) is 17.6. The number of hydrogen-bond acceptors (Lipinski definition) is 2. The van der Waals surface area contributed by atoms with Gasteiger partial charge in [0.1, 0.15) is 6.29 Å². The van der Waals surface area contributed by atoms with Crippen LogP contribution in [0.3, 0.4) is 0 Å². The van der Waals surface area contributed by atoms with Gasteiger partial charge in [0.25, 0.3) is 0 Å². The molecule has 0 heterocycles. The predicted molar refractivity (Wildman–Crippen MR) is 88.4 cm³/mol. The molecule has 0 radical (unpaired) electrons. The van der Waals surface area contributed by atoms with Crippen molar-refractivity contribution >= 4 is 14.6 Å². The molecule has 2 atom stereocenters. The second-order valence-corrected chi connectivity index (χ2v) is 12.6. The average molecular weight is 297 g/mol. The summed E-state index contributed by atoms with van der Waals surface area (Å²) in [6.07, 6.45) is 7.71. The van der Waals surface area contributed by atoms with Crippen LogP contribution in [0.25, 0.3) is 0 Å². The van der Waals surface area contributed by atoms with Crippen LogP contribution in [0.15, 0.2) is 11.6 Å². The molecule has 0 saturated heterocycles. The van der Waals surface area contributed by atoms with E-state index in [-0.39, 0.29) is 5.04 Å². The van der Waals surface area contributed by atoms with E-state index in [1.807, 2.05) is 0 Å². The standard InChI is InChI=1S/C17H32O2Si/c1-14(11-12-18)16-10-8-7-9-15(16)13-19-20(5,6)17(2,3)4/h11-12,15-16H,7-10,13H2,1-6H3/b14-11-/t15-,16-/m1/s1. The van der Waals surface area contributed by atoms with Crippen molar-refractivity contribution in [2.24, 2.45) is 11.8 Å². The minimum Gasteiger partial charge on any atom is -0.417 e. The van der Waals surface area contributed by atoms with E-state index in [1.165, 1.54) is 31.3 Å². The molecule has 0 N–H and O–H groups in total. The summed E-state index contributed by atoms with van der Waals surface area (Å²) in [6.45, 7) is 14.5. The largest absolute Gasteiger partial charge is 0.417 e. The van der Waals surface area contributed by atoms with Crippen molar-refractivity contribution in [2.45, 2.75) is 71.5 Å². The second-order valence-electron chi connectivity index (χ2n) is 7.77. The fraction of sp³-hybridized carbons (Fsp3) is 0.824. The van der Waals surface area contributed by atoms with Crippen LogP contribution in [0.1, 0.15) is 53.4 Å². The van der Waals surface area contributed by atoms with Crippen LogP contribution < -0.4 is 0 Å². The van der Waals surface area contributed by atoms with Gasteiger partial charge in [0.15, 0.2) is 8.32 Å². The molecular formula is C17H32O2Si. The summed E-state index contributed by atoms with van der Waals surface area (Å²) in [6, 6.07) is 0. The maximum Gasteiger partial charge on any atom is 0.191 e. The Morgan fingerprint density at radius 3 is 2.40 bits per heavy atom. The zero-order chi connectivity index (χ0) is 15.4. The molecule has 0 aliphatic heterocycles. The summed E-state index contributed by atoms with van der Waals surface area (Å²) in [5, 5.41) is 0.269. The third kappa shape index (κ3) is 4.56. The Bertz CT molecular complexity index is 352. The third-order valence-corrected chi connectivity index (χ3v) is 9.79. The van der Waals surface area contributed by atoms with Gasteiger partial charge in [0, 0.05) is 6.61 Å². The molecule has 0 spiro atoms. The van der Waals surface area contributed by atoms with Crippen LogP contribution in [-0.2, 0) is 9.22 Å². The molecule has 1 fully saturated rings. The fourth-order valence-corrected chi connectivity index (χ4v) is 3.83. The lowest BCUT2D eigenvalue weighted by atomic mass is 9.76. The van der Waals surface area contributed by atoms with Crippen molar-refractivity contribution in [3.8, 4) is 0 Å². The van der Waals surface area contributed by atoms with Crippen molar-refractivity contribution in [3.05, 3.63) is 11.6 Å². The Kier molecular flexibility index (Phi) is 6.20. The third-order valence-electron chi connectivity index (χ3n) is 5.29. The molecule has 1 saturated carbocycles. The van der Waals surface area contributed by atoms with Crippen LogP contribution in [0.4, 0.5) is 0 Å². The quantitative estimate of drug-likeness (QED) is 0.407. The monoisotopic (exact) mass is 296 g/mol. The zero-order valence-corrected chi connectivity index (χ0v) is 15.2. The molecule has 1 rings (SSSR count). The number of carbonyl (C=O) groups excluding carboxylic acids is 1. The molecule has 116 valence electrons. The van der Waals surface area contributed by atoms with E-state index in [0.717, 1.165) is 12.9 Å². The van der Waals surface area contributed by atoms with Gasteiger partial charge in [-0.1, -0.05) is 39.2 Å². The van der Waals surface area contributed by atoms with E-state index in [0.29, 0.717) is 11.8 Å². The van der Waals surface area contributed by atoms with Crippen molar-refractivity contribution < 1.29 is 9.22 Å². The van der Waals surface area contributed by atoms with Gasteiger partial charge in [-0.05, 0) is 55.8 Å². The lowest BCUT2D eigenvalue weighted by Gasteiger charge is -2.39. The molecule has 0 aromatic rings. The van der Waals surface area contributed by atoms with E-state index >= 15 is 0 Å². The summed E-state index contributed by atoms with van der Waals surface area (Å²) >= 11 is 0. The zero-order valence-electron chi connectivity index (χ0n) is 14.2. The first-order valence-electron chi connectivity index (χ1n) is 7.95. The second kappa shape index (κ2) is 7.03. The molecule has 0 aromatic heterocycles.